The zero-order chi connectivity index (χ0) is 25.2. The Kier molecular flexibility index (Phi) is 7.37. The first-order valence-electron chi connectivity index (χ1n) is 11.8. The first kappa shape index (κ1) is 25.1. The first-order chi connectivity index (χ1) is 16.6. The highest BCUT2D eigenvalue weighted by atomic mass is 32.2. The van der Waals surface area contributed by atoms with Crippen molar-refractivity contribution in [1.82, 2.24) is 19.6 Å². The summed E-state index contributed by atoms with van der Waals surface area (Å²) in [5.41, 5.74) is 2.66. The van der Waals surface area contributed by atoms with E-state index in [-0.39, 0.29) is 34.6 Å². The molecule has 35 heavy (non-hydrogen) atoms. The van der Waals surface area contributed by atoms with Crippen molar-refractivity contribution in [1.29, 1.82) is 0 Å². The van der Waals surface area contributed by atoms with E-state index in [2.05, 4.69) is 15.0 Å². The number of aryl methyl sites for hydroxylation is 1. The minimum Gasteiger partial charge on any atom is -0.349 e. The summed E-state index contributed by atoms with van der Waals surface area (Å²) in [4.78, 5) is 17.2. The van der Waals surface area contributed by atoms with Gasteiger partial charge in [-0.25, -0.2) is 22.5 Å². The molecule has 3 aromatic rings. The van der Waals surface area contributed by atoms with Crippen molar-refractivity contribution in [2.45, 2.75) is 56.5 Å². The van der Waals surface area contributed by atoms with E-state index in [0.29, 0.717) is 25.7 Å². The van der Waals surface area contributed by atoms with Gasteiger partial charge in [-0.15, -0.1) is 0 Å². The monoisotopic (exact) mass is 498 g/mol. The number of nitrogens with one attached hydrogen (secondary N) is 2. The second-order valence-corrected chi connectivity index (χ2v) is 10.9. The molecule has 186 valence electrons. The molecule has 1 atom stereocenters. The van der Waals surface area contributed by atoms with Crippen LogP contribution in [0, 0.1) is 18.7 Å². The molecule has 4 rings (SSSR count). The Morgan fingerprint density at radius 2 is 1.69 bits per heavy atom. The van der Waals surface area contributed by atoms with E-state index in [0.717, 1.165) is 22.6 Å². The van der Waals surface area contributed by atoms with E-state index >= 15 is 0 Å². The van der Waals surface area contributed by atoms with Gasteiger partial charge in [0.05, 0.1) is 22.8 Å². The van der Waals surface area contributed by atoms with Crippen molar-refractivity contribution in [3.05, 3.63) is 71.9 Å². The lowest BCUT2D eigenvalue weighted by molar-refractivity contribution is -0.126. The predicted molar refractivity (Wildman–Crippen MR) is 132 cm³/mol. The van der Waals surface area contributed by atoms with Crippen molar-refractivity contribution in [3.8, 4) is 11.3 Å². The highest BCUT2D eigenvalue weighted by molar-refractivity contribution is 7.89. The molecule has 1 fully saturated rings. The van der Waals surface area contributed by atoms with Crippen LogP contribution in [-0.2, 0) is 21.9 Å². The van der Waals surface area contributed by atoms with Gasteiger partial charge in [-0.2, -0.15) is 0 Å². The van der Waals surface area contributed by atoms with Gasteiger partial charge in [0.2, 0.25) is 15.9 Å². The molecule has 1 saturated carbocycles. The molecule has 0 radical (unpaired) electrons. The minimum absolute atomic E-state index is 0.0517. The molecule has 1 heterocycles. The minimum atomic E-state index is -3.66. The van der Waals surface area contributed by atoms with Crippen LogP contribution < -0.4 is 10.0 Å². The third kappa shape index (κ3) is 5.79. The second kappa shape index (κ2) is 10.3. The quantitative estimate of drug-likeness (QED) is 0.509. The number of amides is 1. The number of sulfonamides is 1. The number of carbonyl (C=O) groups excluding carboxylic acids is 1. The van der Waals surface area contributed by atoms with Gasteiger partial charge in [-0.3, -0.25) is 4.79 Å². The van der Waals surface area contributed by atoms with Crippen LogP contribution in [0.3, 0.4) is 0 Å². The lowest BCUT2D eigenvalue weighted by Gasteiger charge is -2.29. The fourth-order valence-electron chi connectivity index (χ4n) is 4.50. The smallest absolute Gasteiger partial charge is 0.240 e. The largest absolute Gasteiger partial charge is 0.349 e. The Bertz CT molecular complexity index is 1280. The normalized spacial score (nSPS) is 19.3. The standard InChI is InChI=1S/C26H31FN4O3S/c1-17(19-4-10-22(27)11-5-19)29-26(32)21-6-12-23(13-7-21)30-35(33,34)24-14-8-20(9-15-24)25-16-28-18(2)31(25)3/h4-5,8-11,14-17,21,23,30H,6-7,12-13H2,1-3H3,(H,29,32)/t17-,21-,23-/m1/s1. The summed E-state index contributed by atoms with van der Waals surface area (Å²) in [6.45, 7) is 3.78. The summed E-state index contributed by atoms with van der Waals surface area (Å²) in [5.74, 6) is 0.351. The number of rotatable bonds is 7. The number of imidazole rings is 1. The van der Waals surface area contributed by atoms with E-state index in [1.54, 1.807) is 42.6 Å². The number of halogens is 1. The Labute approximate surface area is 205 Å². The molecule has 2 N–H and O–H groups in total. The third-order valence-corrected chi connectivity index (χ3v) is 8.37. The molecule has 0 aliphatic heterocycles. The number of aromatic nitrogens is 2. The van der Waals surface area contributed by atoms with E-state index in [9.17, 15) is 17.6 Å². The van der Waals surface area contributed by atoms with Gasteiger partial charge in [0.1, 0.15) is 11.6 Å². The number of hydrogen-bond donors (Lipinski definition) is 2. The van der Waals surface area contributed by atoms with Gasteiger partial charge < -0.3 is 9.88 Å². The lowest BCUT2D eigenvalue weighted by atomic mass is 9.85. The maximum Gasteiger partial charge on any atom is 0.240 e. The molecule has 1 aliphatic carbocycles. The van der Waals surface area contributed by atoms with Crippen LogP contribution >= 0.6 is 0 Å². The fourth-order valence-corrected chi connectivity index (χ4v) is 5.81. The highest BCUT2D eigenvalue weighted by Gasteiger charge is 2.29. The van der Waals surface area contributed by atoms with E-state index in [1.165, 1.54) is 12.1 Å². The number of nitrogens with zero attached hydrogens (tertiary/aromatic N) is 2. The van der Waals surface area contributed by atoms with Crippen molar-refractivity contribution >= 4 is 15.9 Å². The Morgan fingerprint density at radius 1 is 1.06 bits per heavy atom. The number of benzene rings is 2. The molecule has 0 saturated heterocycles. The van der Waals surface area contributed by atoms with E-state index in [1.807, 2.05) is 25.5 Å². The molecule has 7 nitrogen and oxygen atoms in total. The third-order valence-electron chi connectivity index (χ3n) is 6.83. The number of hydrogen-bond acceptors (Lipinski definition) is 4. The maximum absolute atomic E-state index is 13.1. The maximum atomic E-state index is 13.1. The molecule has 0 unspecified atom stereocenters. The summed E-state index contributed by atoms with van der Waals surface area (Å²) in [6.07, 6.45) is 4.16. The second-order valence-electron chi connectivity index (χ2n) is 9.23. The van der Waals surface area contributed by atoms with Crippen LogP contribution in [0.15, 0.2) is 59.6 Å². The van der Waals surface area contributed by atoms with Gasteiger partial charge in [-0.05, 0) is 74.9 Å². The van der Waals surface area contributed by atoms with Crippen LogP contribution in [0.4, 0.5) is 4.39 Å². The zero-order valence-corrected chi connectivity index (χ0v) is 21.0. The summed E-state index contributed by atoms with van der Waals surface area (Å²) >= 11 is 0. The Hall–Kier alpha value is -3.04. The molecule has 9 heteroatoms. The molecule has 0 bridgehead atoms. The average molecular weight is 499 g/mol. The molecular weight excluding hydrogens is 467 g/mol. The molecule has 0 spiro atoms. The molecule has 1 aliphatic rings. The van der Waals surface area contributed by atoms with E-state index in [4.69, 9.17) is 0 Å². The number of carbonyl (C=O) groups is 1. The van der Waals surface area contributed by atoms with Crippen molar-refractivity contribution in [3.63, 3.8) is 0 Å². The summed E-state index contributed by atoms with van der Waals surface area (Å²) in [6, 6.07) is 12.4. The molecule has 2 aromatic carbocycles. The molecule has 1 aromatic heterocycles. The van der Waals surface area contributed by atoms with Crippen molar-refractivity contribution in [2.24, 2.45) is 13.0 Å². The SMILES string of the molecule is Cc1ncc(-c2ccc(S(=O)(=O)N[C@H]3CC[C@H](C(=O)N[C@H](C)c4ccc(F)cc4)CC3)cc2)n1C. The summed E-state index contributed by atoms with van der Waals surface area (Å²) in [5, 5.41) is 2.99. The van der Waals surface area contributed by atoms with E-state index < -0.39 is 10.0 Å². The van der Waals surface area contributed by atoms with Crippen molar-refractivity contribution in [2.75, 3.05) is 0 Å². The predicted octanol–water partition coefficient (Wildman–Crippen LogP) is 4.25. The summed E-state index contributed by atoms with van der Waals surface area (Å²) in [7, 11) is -1.74. The van der Waals surface area contributed by atoms with Crippen LogP contribution in [0.1, 0.15) is 50.0 Å². The Morgan fingerprint density at radius 3 is 2.26 bits per heavy atom. The Balaban J connectivity index is 1.31. The lowest BCUT2D eigenvalue weighted by Crippen LogP contribution is -2.41. The summed E-state index contributed by atoms with van der Waals surface area (Å²) < 4.78 is 43.7. The molecular formula is C26H31FN4O3S. The van der Waals surface area contributed by atoms with Gasteiger partial charge in [0, 0.05) is 19.0 Å². The van der Waals surface area contributed by atoms with Crippen LogP contribution in [-0.4, -0.2) is 29.9 Å². The molecule has 1 amide bonds. The highest BCUT2D eigenvalue weighted by Crippen LogP contribution is 2.27. The average Bonchev–Trinajstić information content (AvgIpc) is 3.17. The van der Waals surface area contributed by atoms with Crippen LogP contribution in [0.25, 0.3) is 11.3 Å². The van der Waals surface area contributed by atoms with Gasteiger partial charge in [0.25, 0.3) is 0 Å². The zero-order valence-electron chi connectivity index (χ0n) is 20.2. The van der Waals surface area contributed by atoms with Crippen LogP contribution in [0.5, 0.6) is 0 Å². The van der Waals surface area contributed by atoms with Crippen molar-refractivity contribution < 1.29 is 17.6 Å². The van der Waals surface area contributed by atoms with Gasteiger partial charge in [0.15, 0.2) is 0 Å². The van der Waals surface area contributed by atoms with Gasteiger partial charge in [-0.1, -0.05) is 24.3 Å². The fraction of sp³-hybridized carbons (Fsp3) is 0.385. The van der Waals surface area contributed by atoms with Crippen LogP contribution in [0.2, 0.25) is 0 Å². The first-order valence-corrected chi connectivity index (χ1v) is 13.3. The van der Waals surface area contributed by atoms with Gasteiger partial charge >= 0.3 is 0 Å². The topological polar surface area (TPSA) is 93.1 Å².